The zero-order chi connectivity index (χ0) is 18.2. The Kier molecular flexibility index (Phi) is 8.73. The average Bonchev–Trinajstić information content (AvgIpc) is 3.31. The largest absolute Gasteiger partial charge is 0.356 e. The fourth-order valence-corrected chi connectivity index (χ4v) is 3.35. The summed E-state index contributed by atoms with van der Waals surface area (Å²) in [7, 11) is 1.79. The molecular weight excluding hydrogens is 471 g/mol. The molecule has 3 rings (SSSR count). The molecule has 0 unspecified atom stereocenters. The molecule has 6 nitrogen and oxygen atoms in total. The third kappa shape index (κ3) is 6.94. The number of nitrogens with one attached hydrogen (secondary N) is 2. The van der Waals surface area contributed by atoms with Crippen LogP contribution >= 0.6 is 35.3 Å². The number of benzene rings is 1. The van der Waals surface area contributed by atoms with E-state index in [2.05, 4.69) is 61.4 Å². The standard InChI is InChI=1S/C19H24N6S.HI/c1-15-11-23-18(26-15)7-8-22-19(20-2)24-12-16-3-5-17(6-4-16)13-25-10-9-21-14-25;/h3-6,9-11,14H,7-8,12-13H2,1-2H3,(H2,20,22,24);1H. The van der Waals surface area contributed by atoms with E-state index in [4.69, 9.17) is 0 Å². The first-order valence-electron chi connectivity index (χ1n) is 8.62. The molecule has 2 aromatic heterocycles. The molecule has 0 bridgehead atoms. The van der Waals surface area contributed by atoms with Crippen LogP contribution < -0.4 is 10.6 Å². The highest BCUT2D eigenvalue weighted by Crippen LogP contribution is 2.11. The topological polar surface area (TPSA) is 67.1 Å². The number of imidazole rings is 1. The van der Waals surface area contributed by atoms with Crippen LogP contribution in [-0.4, -0.2) is 34.1 Å². The van der Waals surface area contributed by atoms with Crippen molar-refractivity contribution in [1.82, 2.24) is 25.2 Å². The molecule has 27 heavy (non-hydrogen) atoms. The summed E-state index contributed by atoms with van der Waals surface area (Å²) in [6.07, 6.45) is 8.43. The quantitative estimate of drug-likeness (QED) is 0.300. The van der Waals surface area contributed by atoms with Crippen molar-refractivity contribution in [2.75, 3.05) is 13.6 Å². The Balaban J connectivity index is 0.00000261. The highest BCUT2D eigenvalue weighted by molar-refractivity contribution is 14.0. The molecule has 0 saturated carbocycles. The molecule has 0 fully saturated rings. The Labute approximate surface area is 181 Å². The predicted octanol–water partition coefficient (Wildman–Crippen LogP) is 3.22. The lowest BCUT2D eigenvalue weighted by atomic mass is 10.1. The summed E-state index contributed by atoms with van der Waals surface area (Å²) in [5, 5.41) is 7.83. The minimum Gasteiger partial charge on any atom is -0.356 e. The number of hydrogen-bond acceptors (Lipinski definition) is 4. The van der Waals surface area contributed by atoms with Crippen molar-refractivity contribution in [1.29, 1.82) is 0 Å². The van der Waals surface area contributed by atoms with Crippen LogP contribution in [0.2, 0.25) is 0 Å². The Hall–Kier alpha value is -1.94. The van der Waals surface area contributed by atoms with Crippen molar-refractivity contribution in [3.05, 3.63) is 70.2 Å². The maximum absolute atomic E-state index is 4.38. The van der Waals surface area contributed by atoms with Crippen LogP contribution in [0, 0.1) is 6.92 Å². The molecule has 0 atom stereocenters. The number of nitrogens with zero attached hydrogens (tertiary/aromatic N) is 4. The lowest BCUT2D eigenvalue weighted by molar-refractivity contribution is 0.786. The van der Waals surface area contributed by atoms with Crippen LogP contribution in [0.5, 0.6) is 0 Å². The summed E-state index contributed by atoms with van der Waals surface area (Å²) in [6.45, 7) is 4.47. The van der Waals surface area contributed by atoms with E-state index < -0.39 is 0 Å². The molecule has 2 heterocycles. The fraction of sp³-hybridized carbons (Fsp3) is 0.316. The van der Waals surface area contributed by atoms with Gasteiger partial charge in [0.05, 0.1) is 11.3 Å². The molecule has 1 aromatic carbocycles. The number of rotatable bonds is 7. The second kappa shape index (κ2) is 11.0. The van der Waals surface area contributed by atoms with E-state index in [1.54, 1.807) is 24.6 Å². The highest BCUT2D eigenvalue weighted by atomic mass is 127. The SMILES string of the molecule is CN=C(NCCc1ncc(C)s1)NCc1ccc(Cn2ccnc2)cc1.I. The first kappa shape index (κ1) is 21.4. The number of aliphatic imine (C=N–C) groups is 1. The van der Waals surface area contributed by atoms with Gasteiger partial charge in [0, 0.05) is 56.6 Å². The molecule has 2 N–H and O–H groups in total. The summed E-state index contributed by atoms with van der Waals surface area (Å²) < 4.78 is 2.06. The third-order valence-corrected chi connectivity index (χ3v) is 4.90. The van der Waals surface area contributed by atoms with Gasteiger partial charge in [-0.15, -0.1) is 35.3 Å². The van der Waals surface area contributed by atoms with E-state index >= 15 is 0 Å². The molecule has 0 saturated heterocycles. The molecular formula is C19H25IN6S. The monoisotopic (exact) mass is 496 g/mol. The summed E-state index contributed by atoms with van der Waals surface area (Å²) in [6, 6.07) is 8.59. The van der Waals surface area contributed by atoms with E-state index in [0.29, 0.717) is 0 Å². The Morgan fingerprint density at radius 3 is 2.59 bits per heavy atom. The fourth-order valence-electron chi connectivity index (χ4n) is 2.56. The van der Waals surface area contributed by atoms with Crippen molar-refractivity contribution in [2.45, 2.75) is 26.4 Å². The van der Waals surface area contributed by atoms with Crippen molar-refractivity contribution < 1.29 is 0 Å². The number of aryl methyl sites for hydroxylation is 1. The predicted molar refractivity (Wildman–Crippen MR) is 122 cm³/mol. The van der Waals surface area contributed by atoms with Gasteiger partial charge in [-0.1, -0.05) is 24.3 Å². The average molecular weight is 496 g/mol. The minimum absolute atomic E-state index is 0. The molecule has 0 aliphatic rings. The van der Waals surface area contributed by atoms with Crippen LogP contribution in [0.4, 0.5) is 0 Å². The second-order valence-electron chi connectivity index (χ2n) is 6.02. The van der Waals surface area contributed by atoms with Gasteiger partial charge in [0.2, 0.25) is 0 Å². The molecule has 0 amide bonds. The lowest BCUT2D eigenvalue weighted by Gasteiger charge is -2.12. The minimum atomic E-state index is 0. The van der Waals surface area contributed by atoms with Gasteiger partial charge in [-0.05, 0) is 18.1 Å². The molecule has 0 radical (unpaired) electrons. The number of aromatic nitrogens is 3. The Morgan fingerprint density at radius 1 is 1.19 bits per heavy atom. The smallest absolute Gasteiger partial charge is 0.191 e. The van der Waals surface area contributed by atoms with Crippen molar-refractivity contribution >= 4 is 41.3 Å². The van der Waals surface area contributed by atoms with Gasteiger partial charge in [0.15, 0.2) is 5.96 Å². The van der Waals surface area contributed by atoms with Gasteiger partial charge in [-0.25, -0.2) is 9.97 Å². The zero-order valence-corrected chi connectivity index (χ0v) is 18.7. The second-order valence-corrected chi connectivity index (χ2v) is 7.34. The lowest BCUT2D eigenvalue weighted by Crippen LogP contribution is -2.37. The van der Waals surface area contributed by atoms with Crippen molar-refractivity contribution in [3.63, 3.8) is 0 Å². The Morgan fingerprint density at radius 2 is 1.96 bits per heavy atom. The van der Waals surface area contributed by atoms with Crippen LogP contribution in [-0.2, 0) is 19.5 Å². The number of thiazole rings is 1. The Bertz CT molecular complexity index is 826. The summed E-state index contributed by atoms with van der Waals surface area (Å²) in [5.74, 6) is 0.806. The van der Waals surface area contributed by atoms with Crippen LogP contribution in [0.3, 0.4) is 0 Å². The first-order valence-corrected chi connectivity index (χ1v) is 9.44. The summed E-state index contributed by atoms with van der Waals surface area (Å²) >= 11 is 1.74. The molecule has 144 valence electrons. The first-order chi connectivity index (χ1) is 12.7. The maximum Gasteiger partial charge on any atom is 0.191 e. The molecule has 0 aliphatic carbocycles. The van der Waals surface area contributed by atoms with Crippen LogP contribution in [0.1, 0.15) is 21.0 Å². The normalized spacial score (nSPS) is 11.1. The van der Waals surface area contributed by atoms with Gasteiger partial charge in [0.1, 0.15) is 0 Å². The molecule has 0 aliphatic heterocycles. The van der Waals surface area contributed by atoms with Gasteiger partial charge in [-0.2, -0.15) is 0 Å². The van der Waals surface area contributed by atoms with Gasteiger partial charge >= 0.3 is 0 Å². The van der Waals surface area contributed by atoms with E-state index in [0.717, 1.165) is 37.0 Å². The van der Waals surface area contributed by atoms with Crippen molar-refractivity contribution in [2.24, 2.45) is 4.99 Å². The van der Waals surface area contributed by atoms with Crippen molar-refractivity contribution in [3.8, 4) is 0 Å². The van der Waals surface area contributed by atoms with Gasteiger partial charge in [-0.3, -0.25) is 4.99 Å². The summed E-state index contributed by atoms with van der Waals surface area (Å²) in [5.41, 5.74) is 2.48. The van der Waals surface area contributed by atoms with Gasteiger partial charge in [0.25, 0.3) is 0 Å². The molecule has 8 heteroatoms. The van der Waals surface area contributed by atoms with Crippen LogP contribution in [0.15, 0.2) is 54.2 Å². The number of halogens is 1. The highest BCUT2D eigenvalue weighted by Gasteiger charge is 2.02. The van der Waals surface area contributed by atoms with E-state index in [-0.39, 0.29) is 24.0 Å². The number of guanidine groups is 1. The van der Waals surface area contributed by atoms with E-state index in [1.165, 1.54) is 16.0 Å². The molecule has 3 aromatic rings. The third-order valence-electron chi connectivity index (χ3n) is 3.93. The molecule has 0 spiro atoms. The number of hydrogen-bond donors (Lipinski definition) is 2. The van der Waals surface area contributed by atoms with E-state index in [1.807, 2.05) is 18.7 Å². The van der Waals surface area contributed by atoms with Gasteiger partial charge < -0.3 is 15.2 Å². The van der Waals surface area contributed by atoms with E-state index in [9.17, 15) is 0 Å². The zero-order valence-electron chi connectivity index (χ0n) is 15.6. The maximum atomic E-state index is 4.38. The van der Waals surface area contributed by atoms with Crippen LogP contribution in [0.25, 0.3) is 0 Å². The summed E-state index contributed by atoms with van der Waals surface area (Å²) in [4.78, 5) is 14.0.